The van der Waals surface area contributed by atoms with Gasteiger partial charge in [0.1, 0.15) is 0 Å². The summed E-state index contributed by atoms with van der Waals surface area (Å²) in [5, 5.41) is 21.8. The standard InChI is InChI=1S/C20H39NO3/c1-3-5-6-7-8-9-10-11-12-13-14-15-16-19(23)18(17-22)21-20(24)4-2/h15-16,18-19,22-23H,3-14,17H2,1-2H3,(H,21,24)/b16-15+. The van der Waals surface area contributed by atoms with Crippen LogP contribution in [0.5, 0.6) is 0 Å². The molecular weight excluding hydrogens is 302 g/mol. The lowest BCUT2D eigenvalue weighted by Crippen LogP contribution is -2.44. The third kappa shape index (κ3) is 13.6. The second-order valence-corrected chi connectivity index (χ2v) is 6.60. The number of allylic oxidation sites excluding steroid dienone is 1. The number of nitrogens with one attached hydrogen (secondary N) is 1. The van der Waals surface area contributed by atoms with Gasteiger partial charge < -0.3 is 15.5 Å². The minimum absolute atomic E-state index is 0.156. The van der Waals surface area contributed by atoms with Crippen LogP contribution in [0.25, 0.3) is 0 Å². The van der Waals surface area contributed by atoms with Gasteiger partial charge in [0.15, 0.2) is 0 Å². The predicted octanol–water partition coefficient (Wildman–Crippen LogP) is 4.10. The fraction of sp³-hybridized carbons (Fsp3) is 0.850. The topological polar surface area (TPSA) is 69.6 Å². The van der Waals surface area contributed by atoms with Gasteiger partial charge in [0.05, 0.1) is 18.8 Å². The molecule has 0 heterocycles. The van der Waals surface area contributed by atoms with Crippen LogP contribution in [0.1, 0.15) is 90.9 Å². The average molecular weight is 342 g/mol. The van der Waals surface area contributed by atoms with Crippen molar-refractivity contribution in [2.24, 2.45) is 0 Å². The summed E-state index contributed by atoms with van der Waals surface area (Å²) in [7, 11) is 0. The zero-order valence-electron chi connectivity index (χ0n) is 15.8. The summed E-state index contributed by atoms with van der Waals surface area (Å²) in [6, 6.07) is -0.610. The first-order valence-corrected chi connectivity index (χ1v) is 9.90. The van der Waals surface area contributed by atoms with Crippen molar-refractivity contribution in [3.8, 4) is 0 Å². The lowest BCUT2D eigenvalue weighted by Gasteiger charge is -2.19. The Hall–Kier alpha value is -0.870. The smallest absolute Gasteiger partial charge is 0.220 e. The van der Waals surface area contributed by atoms with E-state index in [4.69, 9.17) is 0 Å². The molecule has 1 amide bonds. The van der Waals surface area contributed by atoms with E-state index in [1.807, 2.05) is 6.08 Å². The fourth-order valence-corrected chi connectivity index (χ4v) is 2.67. The van der Waals surface area contributed by atoms with Crippen molar-refractivity contribution in [2.45, 2.75) is 103 Å². The van der Waals surface area contributed by atoms with Crippen LogP contribution in [-0.2, 0) is 4.79 Å². The van der Waals surface area contributed by atoms with Gasteiger partial charge in [-0.05, 0) is 12.8 Å². The number of hydrogen-bond donors (Lipinski definition) is 3. The van der Waals surface area contributed by atoms with E-state index < -0.39 is 12.1 Å². The molecule has 0 spiro atoms. The molecule has 4 heteroatoms. The number of aliphatic hydroxyl groups excluding tert-OH is 2. The van der Waals surface area contributed by atoms with Crippen LogP contribution in [0, 0.1) is 0 Å². The molecule has 0 saturated carbocycles. The Balaban J connectivity index is 3.58. The zero-order chi connectivity index (χ0) is 18.0. The molecule has 0 fully saturated rings. The number of carbonyl (C=O) groups excluding carboxylic acids is 1. The van der Waals surface area contributed by atoms with Gasteiger partial charge in [-0.15, -0.1) is 0 Å². The van der Waals surface area contributed by atoms with Crippen LogP contribution in [0.4, 0.5) is 0 Å². The maximum absolute atomic E-state index is 11.3. The molecule has 142 valence electrons. The van der Waals surface area contributed by atoms with Crippen molar-refractivity contribution in [3.05, 3.63) is 12.2 Å². The van der Waals surface area contributed by atoms with E-state index in [0.717, 1.165) is 12.8 Å². The van der Waals surface area contributed by atoms with Gasteiger partial charge in [0, 0.05) is 6.42 Å². The van der Waals surface area contributed by atoms with Gasteiger partial charge >= 0.3 is 0 Å². The summed E-state index contributed by atoms with van der Waals surface area (Å²) in [6.45, 7) is 3.74. The maximum atomic E-state index is 11.3. The van der Waals surface area contributed by atoms with Crippen LogP contribution in [0.2, 0.25) is 0 Å². The van der Waals surface area contributed by atoms with E-state index in [-0.39, 0.29) is 12.5 Å². The van der Waals surface area contributed by atoms with Crippen LogP contribution < -0.4 is 5.32 Å². The maximum Gasteiger partial charge on any atom is 0.220 e. The van der Waals surface area contributed by atoms with E-state index >= 15 is 0 Å². The Morgan fingerprint density at radius 2 is 1.50 bits per heavy atom. The Labute approximate surface area is 148 Å². The van der Waals surface area contributed by atoms with E-state index in [2.05, 4.69) is 12.2 Å². The summed E-state index contributed by atoms with van der Waals surface area (Å²) in [5.74, 6) is -0.156. The van der Waals surface area contributed by atoms with Crippen molar-refractivity contribution in [3.63, 3.8) is 0 Å². The van der Waals surface area contributed by atoms with Crippen molar-refractivity contribution in [1.29, 1.82) is 0 Å². The Kier molecular flexibility index (Phi) is 16.4. The Morgan fingerprint density at radius 1 is 0.958 bits per heavy atom. The van der Waals surface area contributed by atoms with Crippen molar-refractivity contribution >= 4 is 5.91 Å². The summed E-state index contributed by atoms with van der Waals surface area (Å²) in [4.78, 5) is 11.3. The molecular formula is C20H39NO3. The normalized spacial score (nSPS) is 14.0. The number of hydrogen-bond acceptors (Lipinski definition) is 3. The van der Waals surface area contributed by atoms with Gasteiger partial charge in [0.2, 0.25) is 5.91 Å². The van der Waals surface area contributed by atoms with Gasteiger partial charge in [0.25, 0.3) is 0 Å². The SMILES string of the molecule is CCCCCCCCCCCC/C=C/C(O)C(CO)NC(=O)CC. The van der Waals surface area contributed by atoms with Crippen molar-refractivity contribution < 1.29 is 15.0 Å². The van der Waals surface area contributed by atoms with Crippen molar-refractivity contribution in [1.82, 2.24) is 5.32 Å². The predicted molar refractivity (Wildman–Crippen MR) is 101 cm³/mol. The van der Waals surface area contributed by atoms with E-state index in [1.165, 1.54) is 57.8 Å². The highest BCUT2D eigenvalue weighted by Crippen LogP contribution is 2.11. The minimum Gasteiger partial charge on any atom is -0.394 e. The summed E-state index contributed by atoms with van der Waals surface area (Å²) >= 11 is 0. The van der Waals surface area contributed by atoms with Crippen LogP contribution in [0.15, 0.2) is 12.2 Å². The molecule has 0 rings (SSSR count). The van der Waals surface area contributed by atoms with Gasteiger partial charge in [-0.1, -0.05) is 83.8 Å². The largest absolute Gasteiger partial charge is 0.394 e. The van der Waals surface area contributed by atoms with Crippen LogP contribution >= 0.6 is 0 Å². The van der Waals surface area contributed by atoms with Crippen molar-refractivity contribution in [2.75, 3.05) is 6.61 Å². The highest BCUT2D eigenvalue weighted by atomic mass is 16.3. The second-order valence-electron chi connectivity index (χ2n) is 6.60. The third-order valence-corrected chi connectivity index (χ3v) is 4.33. The molecule has 0 radical (unpaired) electrons. The van der Waals surface area contributed by atoms with E-state index in [0.29, 0.717) is 6.42 Å². The number of rotatable bonds is 16. The molecule has 0 aliphatic carbocycles. The second kappa shape index (κ2) is 17.0. The molecule has 0 aromatic rings. The third-order valence-electron chi connectivity index (χ3n) is 4.33. The first kappa shape index (κ1) is 23.1. The first-order valence-electron chi connectivity index (χ1n) is 9.90. The van der Waals surface area contributed by atoms with Crippen LogP contribution in [-0.4, -0.2) is 34.9 Å². The molecule has 2 atom stereocenters. The first-order chi connectivity index (χ1) is 11.7. The highest BCUT2D eigenvalue weighted by molar-refractivity contribution is 5.75. The number of carbonyl (C=O) groups is 1. The van der Waals surface area contributed by atoms with E-state index in [9.17, 15) is 15.0 Å². The Bertz CT molecular complexity index is 318. The van der Waals surface area contributed by atoms with Crippen LogP contribution in [0.3, 0.4) is 0 Å². The summed E-state index contributed by atoms with van der Waals surface area (Å²) in [5.41, 5.74) is 0. The number of aliphatic hydroxyl groups is 2. The molecule has 0 aliphatic heterocycles. The fourth-order valence-electron chi connectivity index (χ4n) is 2.67. The minimum atomic E-state index is -0.825. The highest BCUT2D eigenvalue weighted by Gasteiger charge is 2.17. The summed E-state index contributed by atoms with van der Waals surface area (Å²) in [6.07, 6.45) is 17.3. The molecule has 0 aromatic heterocycles. The molecule has 2 unspecified atom stereocenters. The van der Waals surface area contributed by atoms with Gasteiger partial charge in [-0.25, -0.2) is 0 Å². The van der Waals surface area contributed by atoms with E-state index in [1.54, 1.807) is 13.0 Å². The van der Waals surface area contributed by atoms with Gasteiger partial charge in [-0.3, -0.25) is 4.79 Å². The molecule has 3 N–H and O–H groups in total. The Morgan fingerprint density at radius 3 is 2.00 bits per heavy atom. The molecule has 0 saturated heterocycles. The lowest BCUT2D eigenvalue weighted by atomic mass is 10.1. The molecule has 0 bridgehead atoms. The molecule has 0 aromatic carbocycles. The number of amides is 1. The molecule has 0 aliphatic rings. The molecule has 4 nitrogen and oxygen atoms in total. The van der Waals surface area contributed by atoms with Gasteiger partial charge in [-0.2, -0.15) is 0 Å². The zero-order valence-corrected chi connectivity index (χ0v) is 15.8. The summed E-state index contributed by atoms with van der Waals surface area (Å²) < 4.78 is 0. The quantitative estimate of drug-likeness (QED) is 0.292. The number of unbranched alkanes of at least 4 members (excludes halogenated alkanes) is 10. The lowest BCUT2D eigenvalue weighted by molar-refractivity contribution is -0.122. The molecule has 24 heavy (non-hydrogen) atoms. The average Bonchev–Trinajstić information content (AvgIpc) is 2.60. The monoisotopic (exact) mass is 341 g/mol.